The maximum Gasteiger partial charge on any atom is 0.248 e. The zero-order valence-electron chi connectivity index (χ0n) is 20.0. The number of methoxy groups -OCH3 is 1. The predicted octanol–water partition coefficient (Wildman–Crippen LogP) is 5.13. The number of carbonyl (C=O) groups excluding carboxylic acids is 1. The Morgan fingerprint density at radius 1 is 1.19 bits per heavy atom. The SMILES string of the molecule is COc1ccc(Cl)cc1NC(=O)C1CCN(S(=O)(=O)c2c(C)noc2C=Cc2ccc(F)cc2F)CC1. The summed E-state index contributed by atoms with van der Waals surface area (Å²) >= 11 is 6.03. The van der Waals surface area contributed by atoms with E-state index < -0.39 is 27.6 Å². The summed E-state index contributed by atoms with van der Waals surface area (Å²) in [5, 5.41) is 7.01. The van der Waals surface area contributed by atoms with Gasteiger partial charge in [-0.1, -0.05) is 16.8 Å². The number of aromatic nitrogens is 1. The molecule has 0 spiro atoms. The molecule has 0 saturated carbocycles. The van der Waals surface area contributed by atoms with Gasteiger partial charge in [0.15, 0.2) is 10.7 Å². The van der Waals surface area contributed by atoms with Gasteiger partial charge in [0.2, 0.25) is 15.9 Å². The van der Waals surface area contributed by atoms with Gasteiger partial charge in [0, 0.05) is 35.7 Å². The van der Waals surface area contributed by atoms with Crippen molar-refractivity contribution in [3.05, 3.63) is 70.1 Å². The van der Waals surface area contributed by atoms with Gasteiger partial charge < -0.3 is 14.6 Å². The first-order chi connectivity index (χ1) is 17.6. The number of anilines is 1. The van der Waals surface area contributed by atoms with Crippen molar-refractivity contribution >= 4 is 45.4 Å². The Morgan fingerprint density at radius 3 is 2.59 bits per heavy atom. The Bertz CT molecular complexity index is 1450. The van der Waals surface area contributed by atoms with E-state index in [0.29, 0.717) is 29.3 Å². The summed E-state index contributed by atoms with van der Waals surface area (Å²) < 4.78 is 65.7. The Morgan fingerprint density at radius 2 is 1.92 bits per heavy atom. The number of aryl methyl sites for hydroxylation is 1. The zero-order chi connectivity index (χ0) is 26.7. The third-order valence-corrected chi connectivity index (χ3v) is 8.34. The lowest BCUT2D eigenvalue weighted by atomic mass is 9.97. The highest BCUT2D eigenvalue weighted by Gasteiger charge is 2.36. The molecule has 3 aromatic rings. The van der Waals surface area contributed by atoms with Crippen LogP contribution in [-0.4, -0.2) is 44.0 Å². The maximum absolute atomic E-state index is 14.0. The molecule has 12 heteroatoms. The van der Waals surface area contributed by atoms with E-state index in [4.69, 9.17) is 20.9 Å². The summed E-state index contributed by atoms with van der Waals surface area (Å²) in [6.45, 7) is 1.70. The number of hydrogen-bond donors (Lipinski definition) is 1. The number of nitrogens with one attached hydrogen (secondary N) is 1. The number of sulfonamides is 1. The van der Waals surface area contributed by atoms with Gasteiger partial charge in [-0.3, -0.25) is 4.79 Å². The molecule has 8 nitrogen and oxygen atoms in total. The van der Waals surface area contributed by atoms with Gasteiger partial charge in [0.1, 0.15) is 23.1 Å². The average molecular weight is 552 g/mol. The molecule has 0 aliphatic carbocycles. The largest absolute Gasteiger partial charge is 0.495 e. The summed E-state index contributed by atoms with van der Waals surface area (Å²) in [6.07, 6.45) is 3.16. The van der Waals surface area contributed by atoms with Crippen LogP contribution in [0.3, 0.4) is 0 Å². The highest BCUT2D eigenvalue weighted by atomic mass is 35.5. The monoisotopic (exact) mass is 551 g/mol. The highest BCUT2D eigenvalue weighted by Crippen LogP contribution is 2.32. The molecular weight excluding hydrogens is 528 g/mol. The molecule has 196 valence electrons. The molecule has 37 heavy (non-hydrogen) atoms. The zero-order valence-corrected chi connectivity index (χ0v) is 21.6. The van der Waals surface area contributed by atoms with Crippen LogP contribution in [0.2, 0.25) is 5.02 Å². The van der Waals surface area contributed by atoms with Crippen LogP contribution >= 0.6 is 11.6 Å². The fraction of sp³-hybridized carbons (Fsp3) is 0.280. The number of ether oxygens (including phenoxy) is 1. The van der Waals surface area contributed by atoms with Crippen molar-refractivity contribution in [2.24, 2.45) is 5.92 Å². The molecular formula is C25H24ClF2N3O5S. The lowest BCUT2D eigenvalue weighted by Crippen LogP contribution is -2.41. The highest BCUT2D eigenvalue weighted by molar-refractivity contribution is 7.89. The molecule has 4 rings (SSSR count). The van der Waals surface area contributed by atoms with E-state index in [2.05, 4.69) is 10.5 Å². The second kappa shape index (κ2) is 11.0. The first-order valence-corrected chi connectivity index (χ1v) is 13.2. The molecule has 0 radical (unpaired) electrons. The molecule has 2 heterocycles. The minimum atomic E-state index is -4.02. The molecule has 1 N–H and O–H groups in total. The summed E-state index contributed by atoms with van der Waals surface area (Å²) in [5.41, 5.74) is 0.637. The van der Waals surface area contributed by atoms with Crippen LogP contribution in [-0.2, 0) is 14.8 Å². The summed E-state index contributed by atoms with van der Waals surface area (Å²) in [6, 6.07) is 7.92. The van der Waals surface area contributed by atoms with Gasteiger partial charge in [-0.25, -0.2) is 17.2 Å². The van der Waals surface area contributed by atoms with Gasteiger partial charge in [-0.15, -0.1) is 0 Å². The van der Waals surface area contributed by atoms with Crippen molar-refractivity contribution in [2.45, 2.75) is 24.7 Å². The molecule has 1 amide bonds. The van der Waals surface area contributed by atoms with Crippen molar-refractivity contribution < 1.29 is 31.3 Å². The van der Waals surface area contributed by atoms with Crippen LogP contribution in [0.5, 0.6) is 5.75 Å². The molecule has 1 aliphatic rings. The van der Waals surface area contributed by atoms with Crippen molar-refractivity contribution in [3.63, 3.8) is 0 Å². The Hall–Kier alpha value is -3.28. The number of amides is 1. The van der Waals surface area contributed by atoms with E-state index in [1.54, 1.807) is 18.2 Å². The summed E-state index contributed by atoms with van der Waals surface area (Å²) in [4.78, 5) is 12.7. The number of halogens is 3. The van der Waals surface area contributed by atoms with Crippen LogP contribution in [0, 0.1) is 24.5 Å². The number of carbonyl (C=O) groups is 1. The van der Waals surface area contributed by atoms with Crippen molar-refractivity contribution in [1.29, 1.82) is 0 Å². The number of benzene rings is 2. The first-order valence-electron chi connectivity index (χ1n) is 11.3. The van der Waals surface area contributed by atoms with Crippen molar-refractivity contribution in [1.82, 2.24) is 9.46 Å². The van der Waals surface area contributed by atoms with Crippen LogP contribution in [0.15, 0.2) is 45.8 Å². The van der Waals surface area contributed by atoms with E-state index >= 15 is 0 Å². The van der Waals surface area contributed by atoms with Gasteiger partial charge in [0.05, 0.1) is 12.8 Å². The van der Waals surface area contributed by atoms with Gasteiger partial charge in [0.25, 0.3) is 0 Å². The van der Waals surface area contributed by atoms with E-state index in [1.807, 2.05) is 0 Å². The van der Waals surface area contributed by atoms with Crippen LogP contribution in [0.25, 0.3) is 12.2 Å². The Balaban J connectivity index is 1.47. The fourth-order valence-electron chi connectivity index (χ4n) is 4.10. The van der Waals surface area contributed by atoms with Crippen molar-refractivity contribution in [3.8, 4) is 5.75 Å². The average Bonchev–Trinajstić information content (AvgIpc) is 3.24. The third-order valence-electron chi connectivity index (χ3n) is 6.05. The molecule has 1 aliphatic heterocycles. The Kier molecular flexibility index (Phi) is 7.96. The topological polar surface area (TPSA) is 102 Å². The Labute approximate surface area is 217 Å². The molecule has 2 aromatic carbocycles. The normalized spacial score (nSPS) is 15.3. The minimum absolute atomic E-state index is 0.0574. The van der Waals surface area contributed by atoms with Crippen LogP contribution < -0.4 is 10.1 Å². The number of rotatable bonds is 7. The van der Waals surface area contributed by atoms with Crippen molar-refractivity contribution in [2.75, 3.05) is 25.5 Å². The molecule has 1 aromatic heterocycles. The predicted molar refractivity (Wildman–Crippen MR) is 135 cm³/mol. The smallest absolute Gasteiger partial charge is 0.248 e. The van der Waals surface area contributed by atoms with E-state index in [0.717, 1.165) is 12.1 Å². The van der Waals surface area contributed by atoms with Gasteiger partial charge in [-0.2, -0.15) is 4.31 Å². The number of nitrogens with zero attached hydrogens (tertiary/aromatic N) is 2. The molecule has 1 fully saturated rings. The standard InChI is InChI=1S/C25H24ClF2N3O5S/c1-15-24(23(36-30-15)7-4-16-3-6-19(27)14-20(16)28)37(33,34)31-11-9-17(10-12-31)25(32)29-21-13-18(26)5-8-22(21)35-2/h3-8,13-14,17H,9-12H2,1-2H3,(H,29,32). The minimum Gasteiger partial charge on any atom is -0.495 e. The molecule has 1 saturated heterocycles. The lowest BCUT2D eigenvalue weighted by Gasteiger charge is -2.30. The van der Waals surface area contributed by atoms with Crippen LogP contribution in [0.4, 0.5) is 14.5 Å². The molecule has 0 unspecified atom stereocenters. The van der Waals surface area contributed by atoms with E-state index in [1.165, 1.54) is 36.6 Å². The quantitative estimate of drug-likeness (QED) is 0.437. The second-order valence-corrected chi connectivity index (χ2v) is 10.8. The fourth-order valence-corrected chi connectivity index (χ4v) is 5.99. The van der Waals surface area contributed by atoms with Gasteiger partial charge in [-0.05, 0) is 62.2 Å². The second-order valence-electron chi connectivity index (χ2n) is 8.47. The van der Waals surface area contributed by atoms with E-state index in [-0.39, 0.29) is 40.9 Å². The number of piperidine rings is 1. The maximum atomic E-state index is 14.0. The molecule has 0 bridgehead atoms. The number of hydrogen-bond acceptors (Lipinski definition) is 6. The summed E-state index contributed by atoms with van der Waals surface area (Å²) in [7, 11) is -2.54. The first kappa shape index (κ1) is 26.8. The lowest BCUT2D eigenvalue weighted by molar-refractivity contribution is -0.120. The third kappa shape index (κ3) is 5.84. The van der Waals surface area contributed by atoms with E-state index in [9.17, 15) is 22.0 Å². The van der Waals surface area contributed by atoms with Crippen LogP contribution in [0.1, 0.15) is 29.9 Å². The van der Waals surface area contributed by atoms with Gasteiger partial charge >= 0.3 is 0 Å². The summed E-state index contributed by atoms with van der Waals surface area (Å²) in [5.74, 6) is -1.82. The molecule has 0 atom stereocenters.